The van der Waals surface area contributed by atoms with Crippen LogP contribution in [0, 0.1) is 13.8 Å². The van der Waals surface area contributed by atoms with E-state index in [2.05, 4.69) is 20.8 Å². The summed E-state index contributed by atoms with van der Waals surface area (Å²) in [7, 11) is 1.58. The molecule has 0 saturated carbocycles. The summed E-state index contributed by atoms with van der Waals surface area (Å²) in [5.74, 6) is -1.01. The molecule has 1 aliphatic heterocycles. The third kappa shape index (κ3) is 4.37. The monoisotopic (exact) mass is 526 g/mol. The molecule has 3 aromatic carbocycles. The molecule has 1 aliphatic rings. The molecule has 1 fully saturated rings. The normalized spacial score (nSPS) is 17.4. The highest BCUT2D eigenvalue weighted by Gasteiger charge is 2.48. The van der Waals surface area contributed by atoms with E-state index >= 15 is 0 Å². The summed E-state index contributed by atoms with van der Waals surface area (Å²) in [6.07, 6.45) is 0. The van der Waals surface area contributed by atoms with Gasteiger partial charge in [-0.05, 0) is 71.8 Å². The molecule has 0 bridgehead atoms. The van der Waals surface area contributed by atoms with Crippen molar-refractivity contribution in [2.75, 3.05) is 12.0 Å². The number of Topliss-reactive ketones (excluding diaryl/α,β-unsaturated/α-hetero) is 1. The number of aliphatic hydroxyl groups is 1. The van der Waals surface area contributed by atoms with Crippen molar-refractivity contribution >= 4 is 44.1 Å². The molecule has 1 amide bonds. The molecule has 0 unspecified atom stereocenters. The number of carbonyl (C=O) groups is 2. The van der Waals surface area contributed by atoms with Crippen molar-refractivity contribution in [2.24, 2.45) is 0 Å². The number of hydrogen-bond donors (Lipinski definition) is 1. The standard InChI is InChI=1S/C31H30N2O4S/c1-17-7-13-22-24(15-17)38-30(32-22)33-26(19-8-11-21(12-9-19)31(3,4)5)25(28(35)29(33)36)27(34)20-10-14-23(37-6)18(2)16-20/h7-16,26,34H,1-6H3/b27-25+/t26-/m0/s1. The van der Waals surface area contributed by atoms with Crippen LogP contribution in [0.2, 0.25) is 0 Å². The summed E-state index contributed by atoms with van der Waals surface area (Å²) in [6, 6.07) is 18.1. The predicted octanol–water partition coefficient (Wildman–Crippen LogP) is 6.85. The van der Waals surface area contributed by atoms with Gasteiger partial charge in [0.15, 0.2) is 5.13 Å². The first-order chi connectivity index (χ1) is 18.0. The van der Waals surface area contributed by atoms with Gasteiger partial charge in [0.25, 0.3) is 5.78 Å². The Kier molecular flexibility index (Phi) is 6.35. The summed E-state index contributed by atoms with van der Waals surface area (Å²) >= 11 is 1.36. The number of nitrogens with zero attached hydrogens (tertiary/aromatic N) is 2. The van der Waals surface area contributed by atoms with Crippen LogP contribution in [0.4, 0.5) is 5.13 Å². The van der Waals surface area contributed by atoms with Gasteiger partial charge in [-0.2, -0.15) is 0 Å². The zero-order valence-electron chi connectivity index (χ0n) is 22.3. The Labute approximate surface area is 226 Å². The van der Waals surface area contributed by atoms with Gasteiger partial charge in [0.2, 0.25) is 0 Å². The van der Waals surface area contributed by atoms with Crippen LogP contribution in [0.25, 0.3) is 16.0 Å². The quantitative estimate of drug-likeness (QED) is 0.179. The zero-order chi connectivity index (χ0) is 27.4. The highest BCUT2D eigenvalue weighted by molar-refractivity contribution is 7.22. The Morgan fingerprint density at radius 3 is 2.34 bits per heavy atom. The number of hydrogen-bond acceptors (Lipinski definition) is 6. The van der Waals surface area contributed by atoms with Crippen LogP contribution in [-0.4, -0.2) is 28.9 Å². The number of ether oxygens (including phenoxy) is 1. The average Bonchev–Trinajstić information content (AvgIpc) is 3.40. The number of methoxy groups -OCH3 is 1. The molecular weight excluding hydrogens is 496 g/mol. The molecule has 6 nitrogen and oxygen atoms in total. The van der Waals surface area contributed by atoms with Gasteiger partial charge in [0.05, 0.1) is 28.9 Å². The van der Waals surface area contributed by atoms with E-state index in [9.17, 15) is 14.7 Å². The van der Waals surface area contributed by atoms with Crippen LogP contribution in [0.5, 0.6) is 5.75 Å². The number of rotatable bonds is 4. The smallest absolute Gasteiger partial charge is 0.301 e. The van der Waals surface area contributed by atoms with Crippen LogP contribution in [-0.2, 0) is 15.0 Å². The van der Waals surface area contributed by atoms with E-state index in [0.717, 1.165) is 32.5 Å². The number of amides is 1. The molecule has 7 heteroatoms. The number of benzene rings is 3. The molecule has 5 rings (SSSR count). The van der Waals surface area contributed by atoms with Gasteiger partial charge in [-0.1, -0.05) is 62.4 Å². The van der Waals surface area contributed by atoms with Gasteiger partial charge >= 0.3 is 5.91 Å². The van der Waals surface area contributed by atoms with Crippen molar-refractivity contribution < 1.29 is 19.4 Å². The molecule has 4 aromatic rings. The maximum Gasteiger partial charge on any atom is 0.301 e. The van der Waals surface area contributed by atoms with Crippen molar-refractivity contribution in [3.8, 4) is 5.75 Å². The minimum Gasteiger partial charge on any atom is -0.507 e. The number of fused-ring (bicyclic) bond motifs is 1. The molecule has 1 atom stereocenters. The highest BCUT2D eigenvalue weighted by Crippen LogP contribution is 2.45. The molecule has 38 heavy (non-hydrogen) atoms. The number of aromatic nitrogens is 1. The number of anilines is 1. The van der Waals surface area contributed by atoms with Gasteiger partial charge in [-0.15, -0.1) is 0 Å². The van der Waals surface area contributed by atoms with E-state index in [1.54, 1.807) is 25.3 Å². The second-order valence-electron chi connectivity index (χ2n) is 10.7. The summed E-state index contributed by atoms with van der Waals surface area (Å²) in [5, 5.41) is 11.9. The zero-order valence-corrected chi connectivity index (χ0v) is 23.1. The second-order valence-corrected chi connectivity index (χ2v) is 11.7. The van der Waals surface area contributed by atoms with E-state index in [1.807, 2.05) is 56.3 Å². The van der Waals surface area contributed by atoms with Crippen LogP contribution < -0.4 is 9.64 Å². The minimum atomic E-state index is -0.826. The Bertz CT molecular complexity index is 1610. The molecule has 1 aromatic heterocycles. The number of aliphatic hydroxyl groups excluding tert-OH is 1. The maximum atomic E-state index is 13.6. The third-order valence-electron chi connectivity index (χ3n) is 6.94. The fourth-order valence-corrected chi connectivity index (χ4v) is 5.91. The van der Waals surface area contributed by atoms with Crippen LogP contribution in [0.15, 0.2) is 66.2 Å². The van der Waals surface area contributed by atoms with E-state index in [1.165, 1.54) is 16.2 Å². The topological polar surface area (TPSA) is 79.7 Å². The molecule has 1 N–H and O–H groups in total. The molecule has 0 radical (unpaired) electrons. The van der Waals surface area contributed by atoms with Crippen molar-refractivity contribution in [2.45, 2.75) is 46.1 Å². The van der Waals surface area contributed by atoms with Crippen molar-refractivity contribution in [3.63, 3.8) is 0 Å². The van der Waals surface area contributed by atoms with Gasteiger partial charge in [-0.25, -0.2) is 4.98 Å². The van der Waals surface area contributed by atoms with Crippen molar-refractivity contribution in [1.29, 1.82) is 0 Å². The van der Waals surface area contributed by atoms with Gasteiger partial charge in [0.1, 0.15) is 11.5 Å². The first-order valence-corrected chi connectivity index (χ1v) is 13.2. The fourth-order valence-electron chi connectivity index (χ4n) is 4.81. The largest absolute Gasteiger partial charge is 0.507 e. The van der Waals surface area contributed by atoms with Crippen LogP contribution >= 0.6 is 11.3 Å². The lowest BCUT2D eigenvalue weighted by Gasteiger charge is -2.24. The SMILES string of the molecule is COc1ccc(/C(O)=C2\C(=O)C(=O)N(c3nc4ccc(C)cc4s3)[C@H]2c2ccc(C(C)(C)C)cc2)cc1C. The van der Waals surface area contributed by atoms with E-state index in [-0.39, 0.29) is 16.7 Å². The van der Waals surface area contributed by atoms with E-state index in [0.29, 0.717) is 16.4 Å². The van der Waals surface area contributed by atoms with Crippen LogP contribution in [0.3, 0.4) is 0 Å². The Morgan fingerprint density at radius 2 is 1.71 bits per heavy atom. The van der Waals surface area contributed by atoms with Gasteiger partial charge in [-0.3, -0.25) is 14.5 Å². The minimum absolute atomic E-state index is 0.0403. The first-order valence-electron chi connectivity index (χ1n) is 12.4. The molecule has 1 saturated heterocycles. The van der Waals surface area contributed by atoms with Crippen molar-refractivity contribution in [1.82, 2.24) is 4.98 Å². The number of ketones is 1. The summed E-state index contributed by atoms with van der Waals surface area (Å²) in [4.78, 5) is 33.2. The highest BCUT2D eigenvalue weighted by atomic mass is 32.1. The number of carbonyl (C=O) groups excluding carboxylic acids is 2. The molecule has 2 heterocycles. The van der Waals surface area contributed by atoms with E-state index < -0.39 is 17.7 Å². The molecule has 0 aliphatic carbocycles. The summed E-state index contributed by atoms with van der Waals surface area (Å²) in [6.45, 7) is 10.2. The lowest BCUT2D eigenvalue weighted by molar-refractivity contribution is -0.132. The second kappa shape index (κ2) is 9.40. The number of aryl methyl sites for hydroxylation is 2. The third-order valence-corrected chi connectivity index (χ3v) is 7.96. The average molecular weight is 527 g/mol. The maximum absolute atomic E-state index is 13.6. The van der Waals surface area contributed by atoms with Gasteiger partial charge < -0.3 is 9.84 Å². The Morgan fingerprint density at radius 1 is 1.00 bits per heavy atom. The first kappa shape index (κ1) is 25.7. The molecular formula is C31H30N2O4S. The predicted molar refractivity (Wildman–Crippen MR) is 152 cm³/mol. The number of thiazole rings is 1. The Hall–Kier alpha value is -3.97. The molecule has 0 spiro atoms. The van der Waals surface area contributed by atoms with Crippen molar-refractivity contribution in [3.05, 3.63) is 94.1 Å². The lowest BCUT2D eigenvalue weighted by atomic mass is 9.85. The van der Waals surface area contributed by atoms with Gasteiger partial charge in [0, 0.05) is 5.56 Å². The summed E-state index contributed by atoms with van der Waals surface area (Å²) in [5.41, 5.74) is 4.91. The van der Waals surface area contributed by atoms with Crippen LogP contribution in [0.1, 0.15) is 54.6 Å². The Balaban J connectivity index is 1.71. The fraction of sp³-hybridized carbons (Fsp3) is 0.258. The lowest BCUT2D eigenvalue weighted by Crippen LogP contribution is -2.29. The molecule has 194 valence electrons. The van der Waals surface area contributed by atoms with E-state index in [4.69, 9.17) is 9.72 Å². The summed E-state index contributed by atoms with van der Waals surface area (Å²) < 4.78 is 6.28.